The molecule has 1 N–H and O–H groups in total. The number of hydrogen-bond donors (Lipinski definition) is 1. The predicted octanol–water partition coefficient (Wildman–Crippen LogP) is 3.18. The van der Waals surface area contributed by atoms with Crippen molar-refractivity contribution in [2.75, 3.05) is 44.3 Å². The lowest BCUT2D eigenvalue weighted by atomic mass is 9.66. The Morgan fingerprint density at radius 3 is 2.45 bits per heavy atom. The number of carbonyl (C=O) groups excluding carboxylic acids is 3. The Hall–Kier alpha value is -3.17. The molecule has 2 bridgehead atoms. The number of likely N-dealkylation sites (tertiary alicyclic amines) is 1. The highest BCUT2D eigenvalue weighted by molar-refractivity contribution is 6.03. The number of amides is 3. The Labute approximate surface area is 237 Å². The molecule has 40 heavy (non-hydrogen) atoms. The topological polar surface area (TPSA) is 99.6 Å². The minimum absolute atomic E-state index is 0.000551. The second kappa shape index (κ2) is 12.1. The second-order valence-electron chi connectivity index (χ2n) is 11.1. The number of unbranched alkanes of at least 4 members (excludes halogenated alkanes) is 1. The Balaban J connectivity index is 1.73. The maximum absolute atomic E-state index is 14.4. The van der Waals surface area contributed by atoms with Gasteiger partial charge in [0.15, 0.2) is 0 Å². The fourth-order valence-electron chi connectivity index (χ4n) is 6.91. The van der Waals surface area contributed by atoms with E-state index in [2.05, 4.69) is 20.1 Å². The van der Waals surface area contributed by atoms with Crippen LogP contribution in [0.15, 0.2) is 49.6 Å². The van der Waals surface area contributed by atoms with Crippen molar-refractivity contribution in [1.29, 1.82) is 0 Å². The van der Waals surface area contributed by atoms with Crippen LogP contribution in [0.2, 0.25) is 0 Å². The van der Waals surface area contributed by atoms with Gasteiger partial charge in [0.2, 0.25) is 17.7 Å². The van der Waals surface area contributed by atoms with E-state index in [1.165, 1.54) is 4.90 Å². The molecule has 0 aromatic heterocycles. The first-order valence-corrected chi connectivity index (χ1v) is 14.4. The molecule has 1 aromatic carbocycles. The van der Waals surface area contributed by atoms with Gasteiger partial charge in [-0.15, -0.1) is 13.2 Å². The standard InChI is InChI=1S/C31H43N3O6/c1-6-10-19-32(17-7-2)29(38)26-31-16-15-30(5,40-31)24(25(31)28(37)34(26)20-21-35)27(36)33(18-8-3)22-11-13-23(14-12-22)39-9-4/h7-8,11-14,24-26,35H,2-3,6,9-10,15-21H2,1,4-5H3/t24-,25+,26?,30+,31?/m1/s1. The third-order valence-electron chi connectivity index (χ3n) is 8.60. The van der Waals surface area contributed by atoms with Gasteiger partial charge in [0.05, 0.1) is 30.7 Å². The lowest BCUT2D eigenvalue weighted by Gasteiger charge is -2.36. The number of anilines is 1. The van der Waals surface area contributed by atoms with Crippen LogP contribution in [-0.4, -0.2) is 89.3 Å². The lowest BCUT2D eigenvalue weighted by Crippen LogP contribution is -2.56. The summed E-state index contributed by atoms with van der Waals surface area (Å²) in [5, 5.41) is 9.88. The van der Waals surface area contributed by atoms with E-state index in [1.807, 2.05) is 38.1 Å². The van der Waals surface area contributed by atoms with Gasteiger partial charge in [-0.1, -0.05) is 25.5 Å². The van der Waals surface area contributed by atoms with Crippen molar-refractivity contribution in [3.05, 3.63) is 49.6 Å². The average molecular weight is 554 g/mol. The third-order valence-corrected chi connectivity index (χ3v) is 8.60. The number of aliphatic hydroxyl groups excluding tert-OH is 1. The molecule has 0 radical (unpaired) electrons. The van der Waals surface area contributed by atoms with Crippen LogP contribution in [0.1, 0.15) is 46.5 Å². The zero-order chi connectivity index (χ0) is 29.1. The van der Waals surface area contributed by atoms with Gasteiger partial charge in [-0.3, -0.25) is 14.4 Å². The van der Waals surface area contributed by atoms with Gasteiger partial charge in [-0.25, -0.2) is 0 Å². The van der Waals surface area contributed by atoms with Crippen LogP contribution >= 0.6 is 0 Å². The highest BCUT2D eigenvalue weighted by Crippen LogP contribution is 2.63. The molecule has 1 spiro atoms. The van der Waals surface area contributed by atoms with E-state index in [0.29, 0.717) is 44.0 Å². The van der Waals surface area contributed by atoms with Crippen molar-refractivity contribution in [2.45, 2.75) is 63.7 Å². The summed E-state index contributed by atoms with van der Waals surface area (Å²) in [7, 11) is 0. The SMILES string of the molecule is C=CCN(CCCC)C(=O)C1N(CCO)C(=O)[C@@H]2[C@H](C(=O)N(CC=C)c3ccc(OCC)cc3)[C@]3(C)CCC12O3. The minimum Gasteiger partial charge on any atom is -0.494 e. The van der Waals surface area contributed by atoms with Crippen LogP contribution in [0, 0.1) is 11.8 Å². The predicted molar refractivity (Wildman–Crippen MR) is 153 cm³/mol. The van der Waals surface area contributed by atoms with Crippen LogP contribution in [0.3, 0.4) is 0 Å². The first-order valence-electron chi connectivity index (χ1n) is 14.4. The highest BCUT2D eigenvalue weighted by atomic mass is 16.5. The largest absolute Gasteiger partial charge is 0.494 e. The van der Waals surface area contributed by atoms with E-state index in [0.717, 1.165) is 12.8 Å². The third kappa shape index (κ3) is 4.94. The highest BCUT2D eigenvalue weighted by Gasteiger charge is 2.78. The first kappa shape index (κ1) is 29.8. The van der Waals surface area contributed by atoms with Gasteiger partial charge < -0.3 is 29.3 Å². The number of rotatable bonds is 14. The summed E-state index contributed by atoms with van der Waals surface area (Å²) in [6.45, 7) is 14.9. The summed E-state index contributed by atoms with van der Waals surface area (Å²) in [5.74, 6) is -1.69. The van der Waals surface area contributed by atoms with Crippen molar-refractivity contribution in [3.8, 4) is 5.75 Å². The van der Waals surface area contributed by atoms with Crippen LogP contribution in [0.25, 0.3) is 0 Å². The monoisotopic (exact) mass is 553 g/mol. The summed E-state index contributed by atoms with van der Waals surface area (Å²) < 4.78 is 12.3. The van der Waals surface area contributed by atoms with Crippen LogP contribution in [-0.2, 0) is 19.1 Å². The number of fused-ring (bicyclic) bond motifs is 1. The first-order chi connectivity index (χ1) is 19.2. The molecule has 4 rings (SSSR count). The fraction of sp³-hybridized carbons (Fsp3) is 0.581. The van der Waals surface area contributed by atoms with Crippen LogP contribution < -0.4 is 9.64 Å². The Morgan fingerprint density at radius 2 is 1.85 bits per heavy atom. The summed E-state index contributed by atoms with van der Waals surface area (Å²) in [6.07, 6.45) is 6.10. The Morgan fingerprint density at radius 1 is 1.15 bits per heavy atom. The van der Waals surface area contributed by atoms with E-state index in [4.69, 9.17) is 9.47 Å². The van der Waals surface area contributed by atoms with E-state index < -0.39 is 29.1 Å². The van der Waals surface area contributed by atoms with Crippen molar-refractivity contribution in [1.82, 2.24) is 9.80 Å². The molecular weight excluding hydrogens is 510 g/mol. The molecular formula is C31H43N3O6. The summed E-state index contributed by atoms with van der Waals surface area (Å²) in [6, 6.07) is 6.35. The number of aliphatic hydroxyl groups is 1. The average Bonchev–Trinajstić information content (AvgIpc) is 3.51. The van der Waals surface area contributed by atoms with Gasteiger partial charge in [0, 0.05) is 31.9 Å². The molecule has 2 unspecified atom stereocenters. The maximum Gasteiger partial charge on any atom is 0.248 e. The number of ether oxygens (including phenoxy) is 2. The summed E-state index contributed by atoms with van der Waals surface area (Å²) in [4.78, 5) is 47.4. The zero-order valence-corrected chi connectivity index (χ0v) is 24.0. The van der Waals surface area contributed by atoms with Gasteiger partial charge in [-0.2, -0.15) is 0 Å². The molecule has 3 amide bonds. The molecule has 3 aliphatic heterocycles. The molecule has 0 aliphatic carbocycles. The molecule has 3 aliphatic rings. The molecule has 218 valence electrons. The zero-order valence-electron chi connectivity index (χ0n) is 24.0. The number of nitrogens with zero attached hydrogens (tertiary/aromatic N) is 3. The van der Waals surface area contributed by atoms with Crippen molar-refractivity contribution in [3.63, 3.8) is 0 Å². The van der Waals surface area contributed by atoms with Crippen LogP contribution in [0.5, 0.6) is 5.75 Å². The number of β-amino-alcohol motifs (C(OH)–C–C–N with tert-alkyl or cyclic N) is 1. The fourth-order valence-corrected chi connectivity index (χ4v) is 6.91. The molecule has 0 saturated carbocycles. The van der Waals surface area contributed by atoms with Crippen LogP contribution in [0.4, 0.5) is 5.69 Å². The second-order valence-corrected chi connectivity index (χ2v) is 11.1. The van der Waals surface area contributed by atoms with Gasteiger partial charge in [0.25, 0.3) is 0 Å². The summed E-state index contributed by atoms with van der Waals surface area (Å²) >= 11 is 0. The quantitative estimate of drug-likeness (QED) is 0.356. The maximum atomic E-state index is 14.4. The molecule has 3 fully saturated rings. The van der Waals surface area contributed by atoms with E-state index >= 15 is 0 Å². The molecule has 9 heteroatoms. The van der Waals surface area contributed by atoms with Crippen molar-refractivity contribution < 1.29 is 29.0 Å². The molecule has 1 aromatic rings. The summed E-state index contributed by atoms with van der Waals surface area (Å²) in [5.41, 5.74) is -1.38. The molecule has 3 heterocycles. The van der Waals surface area contributed by atoms with Gasteiger partial charge in [0.1, 0.15) is 17.4 Å². The van der Waals surface area contributed by atoms with E-state index in [-0.39, 0.29) is 37.4 Å². The minimum atomic E-state index is -1.14. The normalized spacial score (nSPS) is 28.4. The van der Waals surface area contributed by atoms with Crippen molar-refractivity contribution in [2.24, 2.45) is 11.8 Å². The van der Waals surface area contributed by atoms with Gasteiger partial charge >= 0.3 is 0 Å². The Kier molecular flexibility index (Phi) is 9.05. The number of hydrogen-bond acceptors (Lipinski definition) is 6. The Bertz CT molecular complexity index is 1120. The van der Waals surface area contributed by atoms with E-state index in [1.54, 1.807) is 22.0 Å². The van der Waals surface area contributed by atoms with E-state index in [9.17, 15) is 19.5 Å². The molecule has 9 nitrogen and oxygen atoms in total. The molecule has 3 saturated heterocycles. The number of benzene rings is 1. The lowest BCUT2D eigenvalue weighted by molar-refractivity contribution is -0.151. The number of carbonyl (C=O) groups is 3. The molecule has 5 atom stereocenters. The smallest absolute Gasteiger partial charge is 0.248 e. The van der Waals surface area contributed by atoms with Gasteiger partial charge in [-0.05, 0) is 57.4 Å². The van der Waals surface area contributed by atoms with Crippen molar-refractivity contribution >= 4 is 23.4 Å².